The van der Waals surface area contributed by atoms with Gasteiger partial charge in [-0.2, -0.15) is 0 Å². The fourth-order valence-electron chi connectivity index (χ4n) is 2.86. The summed E-state index contributed by atoms with van der Waals surface area (Å²) in [6.07, 6.45) is 2.43. The number of hydrogen-bond donors (Lipinski definition) is 1. The lowest BCUT2D eigenvalue weighted by atomic mass is 9.92. The van der Waals surface area contributed by atoms with E-state index in [0.717, 1.165) is 39.1 Å². The molecule has 2 N–H and O–H groups in total. The van der Waals surface area contributed by atoms with E-state index in [1.54, 1.807) is 0 Å². The van der Waals surface area contributed by atoms with E-state index in [1.165, 1.54) is 0 Å². The summed E-state index contributed by atoms with van der Waals surface area (Å²) in [5, 5.41) is 0. The van der Waals surface area contributed by atoms with Crippen molar-refractivity contribution in [1.82, 2.24) is 4.90 Å². The Kier molecular flexibility index (Phi) is 4.08. The van der Waals surface area contributed by atoms with Crippen molar-refractivity contribution in [2.24, 2.45) is 5.73 Å². The molecule has 0 aromatic carbocycles. The van der Waals surface area contributed by atoms with Crippen LogP contribution in [-0.4, -0.2) is 55.0 Å². The second-order valence-electron chi connectivity index (χ2n) is 6.02. The Morgan fingerprint density at radius 1 is 1.35 bits per heavy atom. The quantitative estimate of drug-likeness (QED) is 0.784. The summed E-state index contributed by atoms with van der Waals surface area (Å²) in [6.45, 7) is 10.1. The fraction of sp³-hybridized carbons (Fsp3) is 1.00. The van der Waals surface area contributed by atoms with Crippen LogP contribution in [-0.2, 0) is 9.47 Å². The Hall–Kier alpha value is -0.160. The van der Waals surface area contributed by atoms with Crippen LogP contribution in [0.3, 0.4) is 0 Å². The first kappa shape index (κ1) is 13.3. The molecular formula is C13H26N2O2. The Morgan fingerprint density at radius 2 is 2.12 bits per heavy atom. The molecule has 0 aliphatic carbocycles. The zero-order valence-electron chi connectivity index (χ0n) is 11.3. The summed E-state index contributed by atoms with van der Waals surface area (Å²) in [4.78, 5) is 2.54. The Labute approximate surface area is 104 Å². The van der Waals surface area contributed by atoms with Crippen LogP contribution in [0.25, 0.3) is 0 Å². The van der Waals surface area contributed by atoms with Gasteiger partial charge in [-0.15, -0.1) is 0 Å². The van der Waals surface area contributed by atoms with Crippen LogP contribution in [0.5, 0.6) is 0 Å². The molecule has 0 saturated carbocycles. The van der Waals surface area contributed by atoms with E-state index in [4.69, 9.17) is 15.2 Å². The summed E-state index contributed by atoms with van der Waals surface area (Å²) < 4.78 is 11.5. The largest absolute Gasteiger partial charge is 0.375 e. The number of nitrogens with zero attached hydrogens (tertiary/aromatic N) is 1. The molecule has 0 spiro atoms. The van der Waals surface area contributed by atoms with Crippen LogP contribution < -0.4 is 5.73 Å². The van der Waals surface area contributed by atoms with E-state index in [0.29, 0.717) is 6.04 Å². The van der Waals surface area contributed by atoms with E-state index in [1.807, 2.05) is 6.92 Å². The van der Waals surface area contributed by atoms with Crippen LogP contribution in [0.2, 0.25) is 0 Å². The second-order valence-corrected chi connectivity index (χ2v) is 6.02. The van der Waals surface area contributed by atoms with Crippen molar-refractivity contribution in [2.45, 2.75) is 57.4 Å². The van der Waals surface area contributed by atoms with Gasteiger partial charge in [-0.05, 0) is 33.6 Å². The highest BCUT2D eigenvalue weighted by molar-refractivity contribution is 4.88. The number of rotatable bonds is 2. The van der Waals surface area contributed by atoms with E-state index in [-0.39, 0.29) is 17.7 Å². The van der Waals surface area contributed by atoms with Crippen molar-refractivity contribution in [1.29, 1.82) is 0 Å². The van der Waals surface area contributed by atoms with Gasteiger partial charge in [-0.25, -0.2) is 0 Å². The second kappa shape index (κ2) is 5.22. The molecule has 2 aliphatic rings. The highest BCUT2D eigenvalue weighted by Gasteiger charge is 2.35. The topological polar surface area (TPSA) is 47.7 Å². The molecule has 0 radical (unpaired) electrons. The first-order valence-corrected chi connectivity index (χ1v) is 6.73. The summed E-state index contributed by atoms with van der Waals surface area (Å²) in [5.41, 5.74) is 5.95. The van der Waals surface area contributed by atoms with E-state index in [2.05, 4.69) is 18.7 Å². The maximum Gasteiger partial charge on any atom is 0.0850 e. The van der Waals surface area contributed by atoms with E-state index < -0.39 is 0 Å². The predicted molar refractivity (Wildman–Crippen MR) is 68.0 cm³/mol. The van der Waals surface area contributed by atoms with Crippen molar-refractivity contribution in [3.63, 3.8) is 0 Å². The van der Waals surface area contributed by atoms with E-state index >= 15 is 0 Å². The summed E-state index contributed by atoms with van der Waals surface area (Å²) in [7, 11) is 0. The molecule has 100 valence electrons. The maximum absolute atomic E-state index is 5.94. The van der Waals surface area contributed by atoms with E-state index in [9.17, 15) is 0 Å². The molecule has 0 aromatic rings. The number of morpholine rings is 1. The van der Waals surface area contributed by atoms with Crippen LogP contribution in [0.15, 0.2) is 0 Å². The Balaban J connectivity index is 1.92. The van der Waals surface area contributed by atoms with Gasteiger partial charge >= 0.3 is 0 Å². The Morgan fingerprint density at radius 3 is 2.76 bits per heavy atom. The third-order valence-corrected chi connectivity index (χ3v) is 3.90. The first-order valence-electron chi connectivity index (χ1n) is 6.73. The molecule has 2 aliphatic heterocycles. The molecule has 2 saturated heterocycles. The van der Waals surface area contributed by atoms with Crippen molar-refractivity contribution in [2.75, 3.05) is 26.3 Å². The molecule has 3 unspecified atom stereocenters. The first-order chi connectivity index (χ1) is 7.98. The van der Waals surface area contributed by atoms with Crippen LogP contribution >= 0.6 is 0 Å². The number of nitrogens with two attached hydrogens (primary N) is 1. The monoisotopic (exact) mass is 242 g/mol. The minimum Gasteiger partial charge on any atom is -0.375 e. The summed E-state index contributed by atoms with van der Waals surface area (Å²) >= 11 is 0. The summed E-state index contributed by atoms with van der Waals surface area (Å²) in [6, 6.07) is 0.745. The van der Waals surface area contributed by atoms with Crippen LogP contribution in [0.1, 0.15) is 33.6 Å². The van der Waals surface area contributed by atoms with Crippen molar-refractivity contribution >= 4 is 0 Å². The third-order valence-electron chi connectivity index (χ3n) is 3.90. The molecule has 2 heterocycles. The molecular weight excluding hydrogens is 216 g/mol. The van der Waals surface area contributed by atoms with Gasteiger partial charge in [0.1, 0.15) is 0 Å². The zero-order valence-corrected chi connectivity index (χ0v) is 11.3. The summed E-state index contributed by atoms with van der Waals surface area (Å²) in [5.74, 6) is 0. The lowest BCUT2D eigenvalue weighted by Crippen LogP contribution is -2.55. The average molecular weight is 242 g/mol. The zero-order chi connectivity index (χ0) is 12.5. The van der Waals surface area contributed by atoms with Crippen molar-refractivity contribution < 1.29 is 9.47 Å². The smallest absolute Gasteiger partial charge is 0.0850 e. The van der Waals surface area contributed by atoms with Gasteiger partial charge < -0.3 is 15.2 Å². The molecule has 17 heavy (non-hydrogen) atoms. The molecule has 2 rings (SSSR count). The SMILES string of the molecule is CC(N)C1CN(C2CCOC(C)(C)C2)CCO1. The molecule has 0 amide bonds. The van der Waals surface area contributed by atoms with Gasteiger partial charge in [0.25, 0.3) is 0 Å². The molecule has 3 atom stereocenters. The molecule has 4 heteroatoms. The van der Waals surface area contributed by atoms with Gasteiger partial charge in [0.05, 0.1) is 18.3 Å². The minimum atomic E-state index is 0.0189. The lowest BCUT2D eigenvalue weighted by molar-refractivity contribution is -0.110. The fourth-order valence-corrected chi connectivity index (χ4v) is 2.86. The standard InChI is InChI=1S/C13H26N2O2/c1-10(14)12-9-15(5-7-16-12)11-4-6-17-13(2,3)8-11/h10-12H,4-9,14H2,1-3H3. The third kappa shape index (κ3) is 3.41. The van der Waals surface area contributed by atoms with Gasteiger partial charge in [0, 0.05) is 31.8 Å². The number of hydrogen-bond acceptors (Lipinski definition) is 4. The normalized spacial score (nSPS) is 36.7. The van der Waals surface area contributed by atoms with Gasteiger partial charge in [-0.3, -0.25) is 4.90 Å². The molecule has 2 fully saturated rings. The molecule has 4 nitrogen and oxygen atoms in total. The van der Waals surface area contributed by atoms with Gasteiger partial charge in [0.2, 0.25) is 0 Å². The minimum absolute atomic E-state index is 0.0189. The Bertz CT molecular complexity index is 256. The van der Waals surface area contributed by atoms with Crippen LogP contribution in [0.4, 0.5) is 0 Å². The lowest BCUT2D eigenvalue weighted by Gasteiger charge is -2.44. The van der Waals surface area contributed by atoms with Gasteiger partial charge in [-0.1, -0.05) is 0 Å². The molecule has 0 aromatic heterocycles. The maximum atomic E-state index is 5.94. The highest BCUT2D eigenvalue weighted by atomic mass is 16.5. The predicted octanol–water partition coefficient (Wildman–Crippen LogP) is 0.992. The number of ether oxygens (including phenoxy) is 2. The van der Waals surface area contributed by atoms with Crippen molar-refractivity contribution in [3.8, 4) is 0 Å². The highest BCUT2D eigenvalue weighted by Crippen LogP contribution is 2.28. The molecule has 0 bridgehead atoms. The van der Waals surface area contributed by atoms with Crippen molar-refractivity contribution in [3.05, 3.63) is 0 Å². The van der Waals surface area contributed by atoms with Crippen LogP contribution in [0, 0.1) is 0 Å². The average Bonchev–Trinajstić information content (AvgIpc) is 2.28. The van der Waals surface area contributed by atoms with Gasteiger partial charge in [0.15, 0.2) is 0 Å².